The van der Waals surface area contributed by atoms with Crippen LogP contribution in [0.15, 0.2) is 42.7 Å². The number of aromatic nitrogens is 3. The highest BCUT2D eigenvalue weighted by Crippen LogP contribution is 2.26. The van der Waals surface area contributed by atoms with Crippen molar-refractivity contribution in [3.05, 3.63) is 54.0 Å². The number of carbonyl (C=O) groups is 1. The Bertz CT molecular complexity index is 1060. The zero-order chi connectivity index (χ0) is 22.6. The molecule has 0 bridgehead atoms. The highest BCUT2D eigenvalue weighted by Gasteiger charge is 2.32. The largest absolute Gasteiger partial charge is 0.389 e. The Balaban J connectivity index is 1.24. The molecule has 0 aliphatic carbocycles. The first-order chi connectivity index (χ1) is 15.5. The van der Waals surface area contributed by atoms with Gasteiger partial charge in [0.2, 0.25) is 0 Å². The van der Waals surface area contributed by atoms with Crippen LogP contribution in [0.25, 0.3) is 11.2 Å². The fourth-order valence-corrected chi connectivity index (χ4v) is 4.33. The van der Waals surface area contributed by atoms with Crippen LogP contribution in [0.4, 0.5) is 10.5 Å². The van der Waals surface area contributed by atoms with Crippen molar-refractivity contribution in [3.8, 4) is 0 Å². The molecule has 2 amide bonds. The third kappa shape index (κ3) is 5.26. The van der Waals surface area contributed by atoms with E-state index in [4.69, 9.17) is 0 Å². The molecule has 1 aliphatic heterocycles. The molecule has 0 radical (unpaired) electrons. The van der Waals surface area contributed by atoms with Gasteiger partial charge in [0, 0.05) is 44.8 Å². The average molecular weight is 437 g/mol. The number of rotatable bonds is 7. The smallest absolute Gasteiger partial charge is 0.319 e. The van der Waals surface area contributed by atoms with E-state index in [-0.39, 0.29) is 6.03 Å². The quantitative estimate of drug-likeness (QED) is 0.529. The summed E-state index contributed by atoms with van der Waals surface area (Å²) in [6, 6.07) is 11.7. The van der Waals surface area contributed by atoms with Crippen LogP contribution in [-0.2, 0) is 13.0 Å². The SMILES string of the molecule is CCn1cnc2c(NC(=O)NCCN3CCC(O)(Cc4ccccc4)CC3)cc(C)nc21. The summed E-state index contributed by atoms with van der Waals surface area (Å²) in [5, 5.41) is 16.8. The number of aryl methyl sites for hydroxylation is 2. The normalized spacial score (nSPS) is 16.2. The molecule has 1 saturated heterocycles. The van der Waals surface area contributed by atoms with Gasteiger partial charge in [-0.3, -0.25) is 0 Å². The molecule has 1 aromatic carbocycles. The molecule has 8 nitrogen and oxygen atoms in total. The van der Waals surface area contributed by atoms with E-state index in [0.717, 1.165) is 50.4 Å². The Hall–Kier alpha value is -2.97. The van der Waals surface area contributed by atoms with Gasteiger partial charge in [-0.15, -0.1) is 0 Å². The van der Waals surface area contributed by atoms with Crippen molar-refractivity contribution in [2.75, 3.05) is 31.5 Å². The highest BCUT2D eigenvalue weighted by molar-refractivity contribution is 5.97. The van der Waals surface area contributed by atoms with Crippen LogP contribution in [-0.4, -0.2) is 62.4 Å². The van der Waals surface area contributed by atoms with E-state index in [1.54, 1.807) is 6.33 Å². The molecule has 0 saturated carbocycles. The van der Waals surface area contributed by atoms with Gasteiger partial charge in [0.05, 0.1) is 17.6 Å². The van der Waals surface area contributed by atoms with Crippen molar-refractivity contribution in [1.29, 1.82) is 0 Å². The third-order valence-electron chi connectivity index (χ3n) is 6.17. The van der Waals surface area contributed by atoms with Crippen LogP contribution in [0.3, 0.4) is 0 Å². The Labute approximate surface area is 188 Å². The van der Waals surface area contributed by atoms with Gasteiger partial charge < -0.3 is 25.2 Å². The topological polar surface area (TPSA) is 95.3 Å². The van der Waals surface area contributed by atoms with E-state index >= 15 is 0 Å². The first kappa shape index (κ1) is 22.2. The second-order valence-electron chi connectivity index (χ2n) is 8.62. The third-order valence-corrected chi connectivity index (χ3v) is 6.17. The van der Waals surface area contributed by atoms with Crippen molar-refractivity contribution in [2.24, 2.45) is 0 Å². The summed E-state index contributed by atoms with van der Waals surface area (Å²) in [6.45, 7) is 7.66. The van der Waals surface area contributed by atoms with Gasteiger partial charge in [0.25, 0.3) is 0 Å². The van der Waals surface area contributed by atoms with E-state index in [2.05, 4.69) is 37.6 Å². The minimum absolute atomic E-state index is 0.249. The Morgan fingerprint density at radius 1 is 1.22 bits per heavy atom. The van der Waals surface area contributed by atoms with Crippen LogP contribution in [0, 0.1) is 6.92 Å². The Morgan fingerprint density at radius 3 is 2.69 bits per heavy atom. The molecule has 3 aromatic rings. The number of anilines is 1. The number of piperidine rings is 1. The number of carbonyl (C=O) groups excluding carboxylic acids is 1. The van der Waals surface area contributed by atoms with Crippen molar-refractivity contribution >= 4 is 22.9 Å². The minimum atomic E-state index is -0.644. The predicted octanol–water partition coefficient (Wildman–Crippen LogP) is 2.95. The monoisotopic (exact) mass is 436 g/mol. The van der Waals surface area contributed by atoms with Gasteiger partial charge in [0.15, 0.2) is 5.65 Å². The molecule has 2 aromatic heterocycles. The number of hydrogen-bond acceptors (Lipinski definition) is 5. The van der Waals surface area contributed by atoms with Crippen LogP contribution in [0.1, 0.15) is 31.0 Å². The maximum absolute atomic E-state index is 12.5. The van der Waals surface area contributed by atoms with Crippen LogP contribution in [0.2, 0.25) is 0 Å². The summed E-state index contributed by atoms with van der Waals surface area (Å²) in [5.74, 6) is 0. The Morgan fingerprint density at radius 2 is 1.97 bits per heavy atom. The molecule has 3 heterocycles. The lowest BCUT2D eigenvalue weighted by Gasteiger charge is -2.38. The number of benzene rings is 1. The number of imidazole rings is 1. The summed E-state index contributed by atoms with van der Waals surface area (Å²) < 4.78 is 1.96. The molecule has 8 heteroatoms. The van der Waals surface area contributed by atoms with Gasteiger partial charge in [-0.05, 0) is 38.3 Å². The molecule has 0 spiro atoms. The summed E-state index contributed by atoms with van der Waals surface area (Å²) in [6.07, 6.45) is 3.91. The first-order valence-corrected chi connectivity index (χ1v) is 11.3. The van der Waals surface area contributed by atoms with Gasteiger partial charge in [-0.2, -0.15) is 0 Å². The first-order valence-electron chi connectivity index (χ1n) is 11.3. The molecular weight excluding hydrogens is 404 g/mol. The molecule has 1 aliphatic rings. The molecule has 170 valence electrons. The van der Waals surface area contributed by atoms with Crippen LogP contribution >= 0.6 is 0 Å². The number of likely N-dealkylation sites (tertiary alicyclic amines) is 1. The maximum atomic E-state index is 12.5. The molecular formula is C24H32N6O2. The highest BCUT2D eigenvalue weighted by atomic mass is 16.3. The fraction of sp³-hybridized carbons (Fsp3) is 0.458. The number of pyridine rings is 1. The van der Waals surface area contributed by atoms with Gasteiger partial charge in [0.1, 0.15) is 5.52 Å². The zero-order valence-electron chi connectivity index (χ0n) is 18.8. The number of aliphatic hydroxyl groups is 1. The van der Waals surface area contributed by atoms with Crippen LogP contribution < -0.4 is 10.6 Å². The zero-order valence-corrected chi connectivity index (χ0v) is 18.8. The standard InChI is InChI=1S/C24H32N6O2/c1-3-30-17-26-21-20(15-18(2)27-22(21)30)28-23(31)25-11-14-29-12-9-24(32,10-13-29)16-19-7-5-4-6-8-19/h4-8,15,17,32H,3,9-14,16H2,1-2H3,(H2,25,27,28,31). The maximum Gasteiger partial charge on any atom is 0.319 e. The van der Waals surface area contributed by atoms with Gasteiger partial charge in [-0.25, -0.2) is 14.8 Å². The minimum Gasteiger partial charge on any atom is -0.389 e. The van der Waals surface area contributed by atoms with Crippen LogP contribution in [0.5, 0.6) is 0 Å². The summed E-state index contributed by atoms with van der Waals surface area (Å²) >= 11 is 0. The van der Waals surface area contributed by atoms with Crippen molar-refractivity contribution in [1.82, 2.24) is 24.8 Å². The van der Waals surface area contributed by atoms with Gasteiger partial charge in [-0.1, -0.05) is 30.3 Å². The molecule has 3 N–H and O–H groups in total. The van der Waals surface area contributed by atoms with E-state index in [9.17, 15) is 9.90 Å². The molecule has 0 unspecified atom stereocenters. The fourth-order valence-electron chi connectivity index (χ4n) is 4.33. The summed E-state index contributed by atoms with van der Waals surface area (Å²) in [4.78, 5) is 23.7. The molecule has 32 heavy (non-hydrogen) atoms. The lowest BCUT2D eigenvalue weighted by molar-refractivity contribution is -0.0201. The number of urea groups is 1. The average Bonchev–Trinajstić information content (AvgIpc) is 3.19. The second-order valence-corrected chi connectivity index (χ2v) is 8.62. The predicted molar refractivity (Wildman–Crippen MR) is 126 cm³/mol. The molecule has 4 rings (SSSR count). The number of nitrogens with zero attached hydrogens (tertiary/aromatic N) is 4. The van der Waals surface area contributed by atoms with E-state index < -0.39 is 5.60 Å². The van der Waals surface area contributed by atoms with E-state index in [1.165, 1.54) is 5.56 Å². The number of nitrogens with one attached hydrogen (secondary N) is 2. The summed E-state index contributed by atoms with van der Waals surface area (Å²) in [7, 11) is 0. The molecule has 0 atom stereocenters. The lowest BCUT2D eigenvalue weighted by Crippen LogP contribution is -2.47. The van der Waals surface area contributed by atoms with E-state index in [1.807, 2.05) is 42.7 Å². The van der Waals surface area contributed by atoms with E-state index in [0.29, 0.717) is 24.2 Å². The number of amides is 2. The van der Waals surface area contributed by atoms with Crippen molar-refractivity contribution in [3.63, 3.8) is 0 Å². The second kappa shape index (κ2) is 9.67. The number of fused-ring (bicyclic) bond motifs is 1. The number of hydrogen-bond donors (Lipinski definition) is 3. The molecule has 1 fully saturated rings. The van der Waals surface area contributed by atoms with Gasteiger partial charge >= 0.3 is 6.03 Å². The Kier molecular flexibility index (Phi) is 6.72. The van der Waals surface area contributed by atoms with Crippen molar-refractivity contribution < 1.29 is 9.90 Å². The lowest BCUT2D eigenvalue weighted by atomic mass is 9.85. The summed E-state index contributed by atoms with van der Waals surface area (Å²) in [5.41, 5.74) is 3.50. The van der Waals surface area contributed by atoms with Crippen molar-refractivity contribution in [2.45, 2.75) is 45.3 Å².